The predicted octanol–water partition coefficient (Wildman–Crippen LogP) is 3.07. The zero-order valence-corrected chi connectivity index (χ0v) is 16.4. The van der Waals surface area contributed by atoms with Crippen molar-refractivity contribution in [1.82, 2.24) is 15.5 Å². The number of nitrogens with zero attached hydrogens (tertiary/aromatic N) is 2. The fourth-order valence-corrected chi connectivity index (χ4v) is 3.98. The number of carbonyl (C=O) groups is 1. The number of nitrogens with one attached hydrogen (secondary N) is 2. The summed E-state index contributed by atoms with van der Waals surface area (Å²) in [7, 11) is 0. The highest BCUT2D eigenvalue weighted by Crippen LogP contribution is 2.23. The summed E-state index contributed by atoms with van der Waals surface area (Å²) in [6.07, 6.45) is 4.64. The zero-order valence-electron chi connectivity index (χ0n) is 16.4. The highest BCUT2D eigenvalue weighted by molar-refractivity contribution is 5.73. The second-order valence-corrected chi connectivity index (χ2v) is 8.09. The topological polar surface area (TPSA) is 47.6 Å². The van der Waals surface area contributed by atoms with Crippen molar-refractivity contribution in [3.63, 3.8) is 0 Å². The first kappa shape index (κ1) is 19.9. The van der Waals surface area contributed by atoms with Crippen molar-refractivity contribution in [2.24, 2.45) is 11.8 Å². The predicted molar refractivity (Wildman–Crippen MR) is 108 cm³/mol. The van der Waals surface area contributed by atoms with E-state index in [1.54, 1.807) is 0 Å². The molecule has 0 bridgehead atoms. The number of anilines is 1. The molecule has 0 spiro atoms. The molecule has 150 valence electrons. The van der Waals surface area contributed by atoms with E-state index >= 15 is 0 Å². The van der Waals surface area contributed by atoms with E-state index in [0.717, 1.165) is 50.6 Å². The van der Waals surface area contributed by atoms with Crippen molar-refractivity contribution >= 4 is 11.7 Å². The number of urea groups is 1. The van der Waals surface area contributed by atoms with Crippen LogP contribution in [-0.4, -0.2) is 56.7 Å². The van der Waals surface area contributed by atoms with E-state index in [-0.39, 0.29) is 11.8 Å². The minimum atomic E-state index is -0.206. The fraction of sp³-hybridized carbons (Fsp3) is 0.667. The Balaban J connectivity index is 1.26. The third kappa shape index (κ3) is 6.38. The summed E-state index contributed by atoms with van der Waals surface area (Å²) in [6, 6.07) is 6.57. The second kappa shape index (κ2) is 9.93. The summed E-state index contributed by atoms with van der Waals surface area (Å²) in [5.41, 5.74) is 1.05. The Morgan fingerprint density at radius 3 is 2.59 bits per heavy atom. The number of rotatable bonds is 7. The molecule has 0 unspecified atom stereocenters. The molecule has 1 atom stereocenters. The maximum absolute atomic E-state index is 13.0. The molecule has 3 rings (SSSR count). The van der Waals surface area contributed by atoms with Gasteiger partial charge in [0.15, 0.2) is 0 Å². The van der Waals surface area contributed by atoms with Crippen molar-refractivity contribution in [2.45, 2.75) is 32.6 Å². The van der Waals surface area contributed by atoms with Crippen LogP contribution in [0.25, 0.3) is 0 Å². The lowest BCUT2D eigenvalue weighted by Gasteiger charge is -2.30. The van der Waals surface area contributed by atoms with Crippen LogP contribution >= 0.6 is 0 Å². The Hall–Kier alpha value is -1.82. The van der Waals surface area contributed by atoms with E-state index in [1.165, 1.54) is 38.1 Å². The molecule has 2 fully saturated rings. The maximum Gasteiger partial charge on any atom is 0.314 e. The van der Waals surface area contributed by atoms with Gasteiger partial charge in [-0.15, -0.1) is 0 Å². The number of halogens is 1. The molecular formula is C21H33FN4O. The number of likely N-dealkylation sites (tertiary alicyclic amines) is 1. The lowest BCUT2D eigenvalue weighted by atomic mass is 9.99. The molecule has 6 heteroatoms. The van der Waals surface area contributed by atoms with Crippen LogP contribution in [0.5, 0.6) is 0 Å². The number of hydrogen-bond donors (Lipinski definition) is 2. The average molecular weight is 377 g/mol. The summed E-state index contributed by atoms with van der Waals surface area (Å²) in [6.45, 7) is 9.05. The highest BCUT2D eigenvalue weighted by Gasteiger charge is 2.23. The average Bonchev–Trinajstić information content (AvgIpc) is 3.14. The number of amides is 2. The van der Waals surface area contributed by atoms with E-state index in [2.05, 4.69) is 27.4 Å². The number of benzene rings is 1. The summed E-state index contributed by atoms with van der Waals surface area (Å²) < 4.78 is 13.0. The largest absolute Gasteiger partial charge is 0.371 e. The maximum atomic E-state index is 13.0. The van der Waals surface area contributed by atoms with Crippen LogP contribution in [0.4, 0.5) is 14.9 Å². The molecule has 1 aromatic rings. The van der Waals surface area contributed by atoms with Gasteiger partial charge in [0, 0.05) is 31.9 Å². The van der Waals surface area contributed by atoms with Gasteiger partial charge in [0.05, 0.1) is 0 Å². The highest BCUT2D eigenvalue weighted by atomic mass is 19.1. The minimum absolute atomic E-state index is 0.0671. The quantitative estimate of drug-likeness (QED) is 0.719. The first-order chi connectivity index (χ1) is 13.1. The SMILES string of the molecule is CC1CCN(CCCNC(=O)NC[C@H]2CCN(c3ccc(F)cc3)C2)CC1. The van der Waals surface area contributed by atoms with E-state index in [4.69, 9.17) is 0 Å². The van der Waals surface area contributed by atoms with Gasteiger partial charge in [-0.25, -0.2) is 9.18 Å². The normalized spacial score (nSPS) is 21.4. The monoisotopic (exact) mass is 376 g/mol. The molecule has 0 saturated carbocycles. The minimum Gasteiger partial charge on any atom is -0.371 e. The van der Waals surface area contributed by atoms with Gasteiger partial charge in [-0.1, -0.05) is 6.92 Å². The lowest BCUT2D eigenvalue weighted by molar-refractivity contribution is 0.190. The molecule has 2 saturated heterocycles. The Bertz CT molecular complexity index is 586. The van der Waals surface area contributed by atoms with Gasteiger partial charge < -0.3 is 20.4 Å². The Morgan fingerprint density at radius 1 is 1.11 bits per heavy atom. The number of carbonyl (C=O) groups excluding carboxylic acids is 1. The standard InChI is InChI=1S/C21H33FN4O/c1-17-7-12-25(13-8-17)11-2-10-23-21(27)24-15-18-9-14-26(16-18)20-5-3-19(22)4-6-20/h3-6,17-18H,2,7-16H2,1H3,(H2,23,24,27)/t18-/m1/s1. The van der Waals surface area contributed by atoms with Crippen LogP contribution in [0.15, 0.2) is 24.3 Å². The summed E-state index contributed by atoms with van der Waals surface area (Å²) in [5, 5.41) is 5.97. The summed E-state index contributed by atoms with van der Waals surface area (Å²) in [5.74, 6) is 1.10. The van der Waals surface area contributed by atoms with Crippen LogP contribution in [0.1, 0.15) is 32.6 Å². The first-order valence-corrected chi connectivity index (χ1v) is 10.3. The van der Waals surface area contributed by atoms with Crippen LogP contribution in [0, 0.1) is 17.7 Å². The van der Waals surface area contributed by atoms with E-state index in [9.17, 15) is 9.18 Å². The van der Waals surface area contributed by atoms with E-state index < -0.39 is 0 Å². The summed E-state index contributed by atoms with van der Waals surface area (Å²) >= 11 is 0. The molecule has 5 nitrogen and oxygen atoms in total. The van der Waals surface area contributed by atoms with Gasteiger partial charge in [0.2, 0.25) is 0 Å². The van der Waals surface area contributed by atoms with Crippen LogP contribution < -0.4 is 15.5 Å². The van der Waals surface area contributed by atoms with Gasteiger partial charge in [0.25, 0.3) is 0 Å². The molecule has 0 aliphatic carbocycles. The molecule has 2 N–H and O–H groups in total. The fourth-order valence-electron chi connectivity index (χ4n) is 3.98. The smallest absolute Gasteiger partial charge is 0.314 e. The molecule has 2 aliphatic rings. The third-order valence-corrected chi connectivity index (χ3v) is 5.84. The summed E-state index contributed by atoms with van der Waals surface area (Å²) in [4.78, 5) is 16.7. The third-order valence-electron chi connectivity index (χ3n) is 5.84. The first-order valence-electron chi connectivity index (χ1n) is 10.3. The molecule has 2 heterocycles. The lowest BCUT2D eigenvalue weighted by Crippen LogP contribution is -2.40. The second-order valence-electron chi connectivity index (χ2n) is 8.09. The van der Waals surface area contributed by atoms with Crippen molar-refractivity contribution < 1.29 is 9.18 Å². The van der Waals surface area contributed by atoms with Crippen LogP contribution in [0.2, 0.25) is 0 Å². The Labute approximate surface area is 162 Å². The van der Waals surface area contributed by atoms with Gasteiger partial charge in [-0.3, -0.25) is 0 Å². The van der Waals surface area contributed by atoms with Crippen LogP contribution in [0.3, 0.4) is 0 Å². The molecule has 2 aliphatic heterocycles. The van der Waals surface area contributed by atoms with Gasteiger partial charge in [0.1, 0.15) is 5.82 Å². The van der Waals surface area contributed by atoms with Gasteiger partial charge in [-0.2, -0.15) is 0 Å². The number of hydrogen-bond acceptors (Lipinski definition) is 3. The molecule has 0 radical (unpaired) electrons. The van der Waals surface area contributed by atoms with Crippen LogP contribution in [-0.2, 0) is 0 Å². The molecule has 2 amide bonds. The van der Waals surface area contributed by atoms with Crippen molar-refractivity contribution in [3.05, 3.63) is 30.1 Å². The van der Waals surface area contributed by atoms with Crippen molar-refractivity contribution in [2.75, 3.05) is 50.7 Å². The van der Waals surface area contributed by atoms with Gasteiger partial charge in [-0.05, 0) is 81.4 Å². The molecule has 0 aromatic heterocycles. The zero-order chi connectivity index (χ0) is 19.1. The molecule has 1 aromatic carbocycles. The van der Waals surface area contributed by atoms with Crippen molar-refractivity contribution in [3.8, 4) is 0 Å². The van der Waals surface area contributed by atoms with E-state index in [0.29, 0.717) is 12.5 Å². The van der Waals surface area contributed by atoms with E-state index in [1.807, 2.05) is 12.1 Å². The number of piperidine rings is 1. The van der Waals surface area contributed by atoms with Gasteiger partial charge >= 0.3 is 6.03 Å². The molecule has 27 heavy (non-hydrogen) atoms. The van der Waals surface area contributed by atoms with Crippen molar-refractivity contribution in [1.29, 1.82) is 0 Å². The Morgan fingerprint density at radius 2 is 1.85 bits per heavy atom. The molecular weight excluding hydrogens is 343 g/mol. The Kier molecular flexibility index (Phi) is 7.33.